The fraction of sp³-hybridized carbons (Fsp3) is 0.571. The predicted molar refractivity (Wildman–Crippen MR) is 105 cm³/mol. The lowest BCUT2D eigenvalue weighted by molar-refractivity contribution is 0.218. The van der Waals surface area contributed by atoms with Crippen LogP contribution in [-0.4, -0.2) is 34.9 Å². The van der Waals surface area contributed by atoms with Crippen LogP contribution in [0.5, 0.6) is 5.75 Å². The van der Waals surface area contributed by atoms with Crippen LogP contribution >= 0.6 is 0 Å². The monoisotopic (exact) mass is 356 g/mol. The lowest BCUT2D eigenvalue weighted by Crippen LogP contribution is -2.29. The molecule has 2 aromatic rings. The predicted octanol–water partition coefficient (Wildman–Crippen LogP) is 3.50. The number of ether oxygens (including phenoxy) is 1. The molecule has 0 spiro atoms. The standard InChI is InChI=1S/C21H32N4O/c1-4-25-17(2)20(15-23-25)14-22-13-18-8-9-21(26-3)19(12-18)16-24-10-6-5-7-11-24/h8-9,12,15,22H,4-7,10-11,13-14,16H2,1-3H3. The molecule has 0 atom stereocenters. The van der Waals surface area contributed by atoms with Gasteiger partial charge in [0.1, 0.15) is 5.75 Å². The zero-order chi connectivity index (χ0) is 18.4. The van der Waals surface area contributed by atoms with E-state index in [0.717, 1.165) is 31.9 Å². The Balaban J connectivity index is 1.60. The van der Waals surface area contributed by atoms with Crippen molar-refractivity contribution in [3.8, 4) is 5.75 Å². The highest BCUT2D eigenvalue weighted by atomic mass is 16.5. The maximum absolute atomic E-state index is 5.59. The molecule has 5 heteroatoms. The molecule has 0 bridgehead atoms. The van der Waals surface area contributed by atoms with E-state index in [9.17, 15) is 0 Å². The van der Waals surface area contributed by atoms with Gasteiger partial charge in [-0.25, -0.2) is 0 Å². The number of rotatable bonds is 8. The van der Waals surface area contributed by atoms with Crippen LogP contribution in [-0.2, 0) is 26.2 Å². The number of aromatic nitrogens is 2. The zero-order valence-electron chi connectivity index (χ0n) is 16.4. The Morgan fingerprint density at radius 3 is 2.62 bits per heavy atom. The first-order valence-electron chi connectivity index (χ1n) is 9.81. The molecular formula is C21H32N4O. The van der Waals surface area contributed by atoms with Crippen LogP contribution < -0.4 is 10.1 Å². The molecule has 1 saturated heterocycles. The van der Waals surface area contributed by atoms with Gasteiger partial charge in [0.05, 0.1) is 13.3 Å². The summed E-state index contributed by atoms with van der Waals surface area (Å²) in [5.74, 6) is 0.999. The summed E-state index contributed by atoms with van der Waals surface area (Å²) in [6.07, 6.45) is 5.97. The van der Waals surface area contributed by atoms with E-state index in [-0.39, 0.29) is 0 Å². The Morgan fingerprint density at radius 2 is 1.92 bits per heavy atom. The fourth-order valence-electron chi connectivity index (χ4n) is 3.74. The molecule has 0 amide bonds. The first-order valence-corrected chi connectivity index (χ1v) is 9.81. The number of hydrogen-bond acceptors (Lipinski definition) is 4. The van der Waals surface area contributed by atoms with Crippen LogP contribution in [0, 0.1) is 6.92 Å². The topological polar surface area (TPSA) is 42.3 Å². The highest BCUT2D eigenvalue weighted by Gasteiger charge is 2.13. The Kier molecular flexibility index (Phi) is 6.69. The SMILES string of the molecule is CCn1ncc(CNCc2ccc(OC)c(CN3CCCCC3)c2)c1C. The second kappa shape index (κ2) is 9.19. The third-order valence-electron chi connectivity index (χ3n) is 5.34. The van der Waals surface area contributed by atoms with Crippen LogP contribution in [0.25, 0.3) is 0 Å². The lowest BCUT2D eigenvalue weighted by atomic mass is 10.1. The van der Waals surface area contributed by atoms with Gasteiger partial charge < -0.3 is 10.1 Å². The Hall–Kier alpha value is -1.85. The molecule has 2 heterocycles. The first kappa shape index (κ1) is 18.9. The molecule has 1 aromatic heterocycles. The molecule has 1 N–H and O–H groups in total. The maximum Gasteiger partial charge on any atom is 0.123 e. The molecule has 142 valence electrons. The fourth-order valence-corrected chi connectivity index (χ4v) is 3.74. The summed E-state index contributed by atoms with van der Waals surface area (Å²) < 4.78 is 7.63. The van der Waals surface area contributed by atoms with Gasteiger partial charge in [0.15, 0.2) is 0 Å². The third kappa shape index (κ3) is 4.65. The van der Waals surface area contributed by atoms with E-state index in [2.05, 4.69) is 47.4 Å². The Bertz CT molecular complexity index is 704. The van der Waals surface area contributed by atoms with E-state index in [4.69, 9.17) is 4.74 Å². The smallest absolute Gasteiger partial charge is 0.123 e. The van der Waals surface area contributed by atoms with Gasteiger partial charge in [0.25, 0.3) is 0 Å². The van der Waals surface area contributed by atoms with Gasteiger partial charge in [-0.2, -0.15) is 5.10 Å². The number of likely N-dealkylation sites (tertiary alicyclic amines) is 1. The summed E-state index contributed by atoms with van der Waals surface area (Å²) in [4.78, 5) is 2.54. The Morgan fingerprint density at radius 1 is 1.12 bits per heavy atom. The van der Waals surface area contributed by atoms with Crippen LogP contribution in [0.3, 0.4) is 0 Å². The van der Waals surface area contributed by atoms with Gasteiger partial charge in [0, 0.05) is 43.0 Å². The van der Waals surface area contributed by atoms with Crippen LogP contribution in [0.1, 0.15) is 48.6 Å². The quantitative estimate of drug-likeness (QED) is 0.786. The molecule has 3 rings (SSSR count). The maximum atomic E-state index is 5.59. The summed E-state index contributed by atoms with van der Waals surface area (Å²) in [7, 11) is 1.77. The molecule has 1 aliphatic heterocycles. The summed E-state index contributed by atoms with van der Waals surface area (Å²) in [6, 6.07) is 6.56. The van der Waals surface area contributed by atoms with E-state index in [1.807, 2.05) is 10.9 Å². The van der Waals surface area contributed by atoms with E-state index in [1.54, 1.807) is 7.11 Å². The molecule has 26 heavy (non-hydrogen) atoms. The number of methoxy groups -OCH3 is 1. The van der Waals surface area contributed by atoms with Crippen LogP contribution in [0.15, 0.2) is 24.4 Å². The molecule has 0 radical (unpaired) electrons. The minimum atomic E-state index is 0.847. The normalized spacial score (nSPS) is 15.3. The molecule has 0 aliphatic carbocycles. The van der Waals surface area contributed by atoms with Crippen molar-refractivity contribution >= 4 is 0 Å². The van der Waals surface area contributed by atoms with Crippen LogP contribution in [0.4, 0.5) is 0 Å². The van der Waals surface area contributed by atoms with Crippen molar-refractivity contribution in [3.05, 3.63) is 46.8 Å². The molecule has 1 aromatic carbocycles. The molecule has 0 unspecified atom stereocenters. The van der Waals surface area contributed by atoms with Crippen LogP contribution in [0.2, 0.25) is 0 Å². The van der Waals surface area contributed by atoms with Gasteiger partial charge in [-0.3, -0.25) is 9.58 Å². The average molecular weight is 357 g/mol. The summed E-state index contributed by atoms with van der Waals surface area (Å²) >= 11 is 0. The van der Waals surface area contributed by atoms with E-state index in [0.29, 0.717) is 0 Å². The minimum absolute atomic E-state index is 0.847. The van der Waals surface area contributed by atoms with Gasteiger partial charge in [-0.05, 0) is 57.5 Å². The average Bonchev–Trinajstić information content (AvgIpc) is 3.03. The Labute approximate surface area is 157 Å². The van der Waals surface area contributed by atoms with Gasteiger partial charge in [-0.15, -0.1) is 0 Å². The molecule has 1 aliphatic rings. The van der Waals surface area contributed by atoms with Crippen molar-refractivity contribution in [1.29, 1.82) is 0 Å². The zero-order valence-corrected chi connectivity index (χ0v) is 16.4. The van der Waals surface area contributed by atoms with Gasteiger partial charge >= 0.3 is 0 Å². The third-order valence-corrected chi connectivity index (χ3v) is 5.34. The largest absolute Gasteiger partial charge is 0.496 e. The van der Waals surface area contributed by atoms with Crippen molar-refractivity contribution in [1.82, 2.24) is 20.0 Å². The molecule has 5 nitrogen and oxygen atoms in total. The second-order valence-electron chi connectivity index (χ2n) is 7.16. The summed E-state index contributed by atoms with van der Waals surface area (Å²) in [5.41, 5.74) is 5.12. The number of piperidine rings is 1. The van der Waals surface area contributed by atoms with Gasteiger partial charge in [0.2, 0.25) is 0 Å². The number of hydrogen-bond donors (Lipinski definition) is 1. The lowest BCUT2D eigenvalue weighted by Gasteiger charge is -2.27. The van der Waals surface area contributed by atoms with Crippen molar-refractivity contribution in [2.75, 3.05) is 20.2 Å². The van der Waals surface area contributed by atoms with Crippen molar-refractivity contribution in [2.45, 2.75) is 59.3 Å². The summed E-state index contributed by atoms with van der Waals surface area (Å²) in [6.45, 7) is 10.3. The highest BCUT2D eigenvalue weighted by molar-refractivity contribution is 5.37. The molecular weight excluding hydrogens is 324 g/mol. The summed E-state index contributed by atoms with van der Waals surface area (Å²) in [5, 5.41) is 7.97. The number of benzene rings is 1. The highest BCUT2D eigenvalue weighted by Crippen LogP contribution is 2.23. The second-order valence-corrected chi connectivity index (χ2v) is 7.16. The van der Waals surface area contributed by atoms with Crippen molar-refractivity contribution < 1.29 is 4.74 Å². The number of aryl methyl sites for hydroxylation is 1. The minimum Gasteiger partial charge on any atom is -0.496 e. The number of nitrogens with one attached hydrogen (secondary N) is 1. The van der Waals surface area contributed by atoms with Crippen molar-refractivity contribution in [3.63, 3.8) is 0 Å². The first-order chi connectivity index (χ1) is 12.7. The molecule has 0 saturated carbocycles. The molecule has 1 fully saturated rings. The van der Waals surface area contributed by atoms with Crippen molar-refractivity contribution in [2.24, 2.45) is 0 Å². The van der Waals surface area contributed by atoms with E-state index in [1.165, 1.54) is 54.7 Å². The van der Waals surface area contributed by atoms with E-state index < -0.39 is 0 Å². The number of nitrogens with zero attached hydrogens (tertiary/aromatic N) is 3. The van der Waals surface area contributed by atoms with Gasteiger partial charge in [-0.1, -0.05) is 12.5 Å². The van der Waals surface area contributed by atoms with E-state index >= 15 is 0 Å².